The molecule has 0 saturated heterocycles. The van der Waals surface area contributed by atoms with Crippen molar-refractivity contribution in [3.8, 4) is 0 Å². The predicted octanol–water partition coefficient (Wildman–Crippen LogP) is 1.39. The largest absolute Gasteiger partial charge is 0.478 e. The highest BCUT2D eigenvalue weighted by atomic mass is 32.2. The molecule has 0 spiro atoms. The van der Waals surface area contributed by atoms with E-state index in [0.29, 0.717) is 12.2 Å². The van der Waals surface area contributed by atoms with Gasteiger partial charge < -0.3 is 15.7 Å². The summed E-state index contributed by atoms with van der Waals surface area (Å²) in [5, 5.41) is 14.0. The third kappa shape index (κ3) is 6.48. The Hall–Kier alpha value is -3.00. The first-order chi connectivity index (χ1) is 12.4. The number of hydrogen-bond acceptors (Lipinski definition) is 4. The number of aromatic carboxylic acids is 1. The van der Waals surface area contributed by atoms with Gasteiger partial charge in [0.15, 0.2) is 0 Å². The molecule has 2 amide bonds. The molecule has 2 aromatic rings. The van der Waals surface area contributed by atoms with E-state index in [1.807, 2.05) is 30.3 Å². The Balaban J connectivity index is 1.75. The molecule has 8 heteroatoms. The van der Waals surface area contributed by atoms with Crippen LogP contribution < -0.4 is 10.6 Å². The molecule has 26 heavy (non-hydrogen) atoms. The van der Waals surface area contributed by atoms with Crippen molar-refractivity contribution in [3.63, 3.8) is 0 Å². The van der Waals surface area contributed by atoms with E-state index in [2.05, 4.69) is 10.6 Å². The van der Waals surface area contributed by atoms with Crippen LogP contribution in [0.1, 0.15) is 15.9 Å². The van der Waals surface area contributed by atoms with E-state index in [1.54, 1.807) is 0 Å². The van der Waals surface area contributed by atoms with Crippen molar-refractivity contribution in [2.75, 3.05) is 16.8 Å². The van der Waals surface area contributed by atoms with Gasteiger partial charge in [-0.05, 0) is 29.8 Å². The fourth-order valence-corrected chi connectivity index (χ4v) is 2.95. The molecule has 136 valence electrons. The lowest BCUT2D eigenvalue weighted by Gasteiger charge is -2.07. The molecular formula is C18H18N2O5S. The maximum atomic E-state index is 11.9. The van der Waals surface area contributed by atoms with E-state index in [4.69, 9.17) is 5.11 Å². The summed E-state index contributed by atoms with van der Waals surface area (Å²) in [4.78, 5) is 34.4. The van der Waals surface area contributed by atoms with Crippen molar-refractivity contribution in [3.05, 3.63) is 65.7 Å². The maximum Gasteiger partial charge on any atom is 0.335 e. The Kier molecular flexibility index (Phi) is 7.04. The van der Waals surface area contributed by atoms with Crippen molar-refractivity contribution in [2.45, 2.75) is 6.54 Å². The third-order valence-corrected chi connectivity index (χ3v) is 4.50. The fraction of sp³-hybridized carbons (Fsp3) is 0.167. The van der Waals surface area contributed by atoms with E-state index < -0.39 is 28.6 Å². The van der Waals surface area contributed by atoms with Gasteiger partial charge in [-0.3, -0.25) is 13.8 Å². The second-order valence-electron chi connectivity index (χ2n) is 5.42. The molecule has 0 aliphatic rings. The Morgan fingerprint density at radius 3 is 2.12 bits per heavy atom. The van der Waals surface area contributed by atoms with Crippen LogP contribution >= 0.6 is 0 Å². The second kappa shape index (κ2) is 9.47. The molecule has 0 fully saturated rings. The van der Waals surface area contributed by atoms with Gasteiger partial charge in [0.2, 0.25) is 11.8 Å². The van der Waals surface area contributed by atoms with E-state index in [9.17, 15) is 18.6 Å². The van der Waals surface area contributed by atoms with E-state index in [1.165, 1.54) is 24.3 Å². The van der Waals surface area contributed by atoms with Gasteiger partial charge in [-0.1, -0.05) is 30.3 Å². The number of rotatable bonds is 8. The van der Waals surface area contributed by atoms with Crippen LogP contribution in [-0.4, -0.2) is 38.6 Å². The van der Waals surface area contributed by atoms with Crippen LogP contribution in [0.25, 0.3) is 0 Å². The highest BCUT2D eigenvalue weighted by molar-refractivity contribution is 7.86. The molecule has 7 nitrogen and oxygen atoms in total. The van der Waals surface area contributed by atoms with Crippen LogP contribution in [0.2, 0.25) is 0 Å². The minimum Gasteiger partial charge on any atom is -0.478 e. The number of amides is 2. The summed E-state index contributed by atoms with van der Waals surface area (Å²) in [6, 6.07) is 14.9. The van der Waals surface area contributed by atoms with E-state index in [-0.39, 0.29) is 17.1 Å². The first kappa shape index (κ1) is 19.3. The van der Waals surface area contributed by atoms with Crippen LogP contribution in [0.4, 0.5) is 5.69 Å². The van der Waals surface area contributed by atoms with Crippen molar-refractivity contribution in [2.24, 2.45) is 0 Å². The number of benzene rings is 2. The van der Waals surface area contributed by atoms with Crippen LogP contribution in [0, 0.1) is 0 Å². The summed E-state index contributed by atoms with van der Waals surface area (Å²) < 4.78 is 11.9. The molecule has 1 unspecified atom stereocenters. The van der Waals surface area contributed by atoms with Crippen LogP contribution in [0.5, 0.6) is 0 Å². The highest BCUT2D eigenvalue weighted by Gasteiger charge is 2.13. The molecule has 0 radical (unpaired) electrons. The SMILES string of the molecule is O=C(CS(=O)CC(=O)Nc1ccc(C(=O)O)cc1)NCc1ccccc1. The minimum absolute atomic E-state index is 0.0988. The second-order valence-corrected chi connectivity index (χ2v) is 6.88. The van der Waals surface area contributed by atoms with Gasteiger partial charge in [-0.15, -0.1) is 0 Å². The molecule has 2 aromatic carbocycles. The zero-order chi connectivity index (χ0) is 18.9. The lowest BCUT2D eigenvalue weighted by atomic mass is 10.2. The molecule has 2 rings (SSSR count). The first-order valence-corrected chi connectivity index (χ1v) is 9.21. The van der Waals surface area contributed by atoms with E-state index in [0.717, 1.165) is 5.56 Å². The zero-order valence-corrected chi connectivity index (χ0v) is 14.6. The number of carboxylic acid groups (broad SMARTS) is 1. The smallest absolute Gasteiger partial charge is 0.335 e. The molecule has 0 bridgehead atoms. The maximum absolute atomic E-state index is 11.9. The molecule has 3 N–H and O–H groups in total. The monoisotopic (exact) mass is 374 g/mol. The summed E-state index contributed by atoms with van der Waals surface area (Å²) in [5.74, 6) is -2.56. The van der Waals surface area contributed by atoms with Crippen LogP contribution in [0.3, 0.4) is 0 Å². The summed E-state index contributed by atoms with van der Waals surface area (Å²) in [7, 11) is -1.64. The van der Waals surface area contributed by atoms with Gasteiger partial charge in [-0.2, -0.15) is 0 Å². The number of anilines is 1. The molecule has 0 saturated carbocycles. The van der Waals surface area contributed by atoms with Gasteiger partial charge in [0.25, 0.3) is 0 Å². The third-order valence-electron chi connectivity index (χ3n) is 3.33. The van der Waals surface area contributed by atoms with Gasteiger partial charge in [0.05, 0.1) is 5.56 Å². The Bertz CT molecular complexity index is 806. The van der Waals surface area contributed by atoms with Gasteiger partial charge in [0.1, 0.15) is 11.5 Å². The summed E-state index contributed by atoms with van der Waals surface area (Å²) in [6.45, 7) is 0.332. The quantitative estimate of drug-likeness (QED) is 0.646. The molecule has 0 heterocycles. The van der Waals surface area contributed by atoms with Crippen molar-refractivity contribution in [1.29, 1.82) is 0 Å². The Morgan fingerprint density at radius 2 is 1.50 bits per heavy atom. The molecule has 1 atom stereocenters. The van der Waals surface area contributed by atoms with Gasteiger partial charge >= 0.3 is 5.97 Å². The molecular weight excluding hydrogens is 356 g/mol. The topological polar surface area (TPSA) is 113 Å². The normalized spacial score (nSPS) is 11.4. The fourth-order valence-electron chi connectivity index (χ4n) is 2.08. The van der Waals surface area contributed by atoms with E-state index >= 15 is 0 Å². The van der Waals surface area contributed by atoms with Crippen molar-refractivity contribution in [1.82, 2.24) is 5.32 Å². The number of carbonyl (C=O) groups is 3. The van der Waals surface area contributed by atoms with Crippen molar-refractivity contribution < 1.29 is 23.7 Å². The number of nitrogens with one attached hydrogen (secondary N) is 2. The van der Waals surface area contributed by atoms with Crippen LogP contribution in [0.15, 0.2) is 54.6 Å². The standard InChI is InChI=1S/C18H18N2O5S/c21-16(19-10-13-4-2-1-3-5-13)11-26(25)12-17(22)20-15-8-6-14(7-9-15)18(23)24/h1-9H,10-12H2,(H,19,21)(H,20,22)(H,23,24). The summed E-state index contributed by atoms with van der Waals surface area (Å²) in [5.41, 5.74) is 1.42. The first-order valence-electron chi connectivity index (χ1n) is 7.73. The van der Waals surface area contributed by atoms with Crippen LogP contribution in [-0.2, 0) is 26.9 Å². The molecule has 0 aliphatic heterocycles. The highest BCUT2D eigenvalue weighted by Crippen LogP contribution is 2.09. The average Bonchev–Trinajstić information content (AvgIpc) is 2.61. The molecule has 0 aromatic heterocycles. The lowest BCUT2D eigenvalue weighted by molar-refractivity contribution is -0.118. The Morgan fingerprint density at radius 1 is 0.885 bits per heavy atom. The predicted molar refractivity (Wildman–Crippen MR) is 98.2 cm³/mol. The molecule has 0 aliphatic carbocycles. The van der Waals surface area contributed by atoms with Gasteiger partial charge in [0, 0.05) is 23.0 Å². The Labute approximate surface area is 152 Å². The number of hydrogen-bond donors (Lipinski definition) is 3. The van der Waals surface area contributed by atoms with Crippen molar-refractivity contribution >= 4 is 34.3 Å². The minimum atomic E-state index is -1.64. The zero-order valence-electron chi connectivity index (χ0n) is 13.8. The average molecular weight is 374 g/mol. The number of carbonyl (C=O) groups excluding carboxylic acids is 2. The summed E-state index contributed by atoms with van der Waals surface area (Å²) >= 11 is 0. The summed E-state index contributed by atoms with van der Waals surface area (Å²) in [6.07, 6.45) is 0. The number of carboxylic acids is 1. The van der Waals surface area contributed by atoms with Gasteiger partial charge in [-0.25, -0.2) is 4.79 Å². The lowest BCUT2D eigenvalue weighted by Crippen LogP contribution is -2.30.